The summed E-state index contributed by atoms with van der Waals surface area (Å²) < 4.78 is 17.5. The zero-order valence-corrected chi connectivity index (χ0v) is 17.8. The Balaban J connectivity index is 0.000000253. The van der Waals surface area contributed by atoms with Gasteiger partial charge in [-0.3, -0.25) is 0 Å². The largest absolute Gasteiger partial charge is 0.497 e. The Bertz CT molecular complexity index is 597. The number of methoxy groups -OCH3 is 2. The molecule has 0 heterocycles. The van der Waals surface area contributed by atoms with E-state index in [0.717, 1.165) is 15.1 Å². The molecule has 0 unspecified atom stereocenters. The molecule has 0 saturated heterocycles. The van der Waals surface area contributed by atoms with Crippen LogP contribution in [0.3, 0.4) is 0 Å². The third-order valence-electron chi connectivity index (χ3n) is 2.63. The molecule has 0 N–H and O–H groups in total. The van der Waals surface area contributed by atoms with Gasteiger partial charge in [0.25, 0.3) is 0 Å². The Morgan fingerprint density at radius 1 is 0.913 bits per heavy atom. The molecule has 0 atom stereocenters. The van der Waals surface area contributed by atoms with Crippen LogP contribution in [-0.4, -0.2) is 25.1 Å². The molecule has 0 aromatic heterocycles. The van der Waals surface area contributed by atoms with Gasteiger partial charge in [0.15, 0.2) is 0 Å². The summed E-state index contributed by atoms with van der Waals surface area (Å²) in [7, 11) is 3.30. The van der Waals surface area contributed by atoms with Gasteiger partial charge in [0.2, 0.25) is 0 Å². The fraction of sp³-hybridized carbons (Fsp3) is 0.235. The van der Waals surface area contributed by atoms with Gasteiger partial charge in [-0.05, 0) is 46.9 Å². The second kappa shape index (κ2) is 10.7. The molecule has 2 aromatic carbocycles. The van der Waals surface area contributed by atoms with Crippen LogP contribution in [0.25, 0.3) is 0 Å². The molecule has 0 saturated carbocycles. The molecule has 23 heavy (non-hydrogen) atoms. The van der Waals surface area contributed by atoms with E-state index in [1.54, 1.807) is 14.2 Å². The van der Waals surface area contributed by atoms with E-state index < -0.39 is 20.2 Å². The van der Waals surface area contributed by atoms with Gasteiger partial charge in [0.05, 0.1) is 7.11 Å². The average molecular weight is 542 g/mol. The number of benzene rings is 2. The SMILES string of the molecule is COc1ccc(I(C)OC(C)=O)cc1.COc1ccc(I)cc1. The van der Waals surface area contributed by atoms with Crippen molar-refractivity contribution < 1.29 is 17.3 Å². The van der Waals surface area contributed by atoms with Crippen LogP contribution in [0.4, 0.5) is 0 Å². The van der Waals surface area contributed by atoms with E-state index in [2.05, 4.69) is 22.6 Å². The first kappa shape index (κ1) is 20.0. The zero-order chi connectivity index (χ0) is 17.2. The van der Waals surface area contributed by atoms with Crippen molar-refractivity contribution in [2.75, 3.05) is 19.2 Å². The van der Waals surface area contributed by atoms with E-state index in [-0.39, 0.29) is 5.97 Å². The van der Waals surface area contributed by atoms with Crippen LogP contribution in [0.1, 0.15) is 6.92 Å². The molecule has 2 aromatic rings. The van der Waals surface area contributed by atoms with Crippen molar-refractivity contribution >= 4 is 48.8 Å². The second-order valence-electron chi connectivity index (χ2n) is 4.31. The Kier molecular flexibility index (Phi) is 9.30. The number of hydrogen-bond donors (Lipinski definition) is 0. The van der Waals surface area contributed by atoms with Crippen LogP contribution in [-0.2, 0) is 7.86 Å². The molecule has 126 valence electrons. The minimum Gasteiger partial charge on any atom is -0.497 e. The van der Waals surface area contributed by atoms with Crippen molar-refractivity contribution in [2.24, 2.45) is 0 Å². The Labute approximate surface area is 158 Å². The van der Waals surface area contributed by atoms with Gasteiger partial charge in [-0.25, -0.2) is 0 Å². The summed E-state index contributed by atoms with van der Waals surface area (Å²) in [5.74, 6) is 1.53. The minimum atomic E-state index is -1.73. The quantitative estimate of drug-likeness (QED) is 0.413. The standard InChI is InChI=1S/C10H13IO3.C7H7IO/c1-8(12)14-11(2)9-4-6-10(13-3)7-5-9;1-9-7-4-2-6(8)3-5-7/h4-7H,1-3H3;2-5H,1H3. The zero-order valence-electron chi connectivity index (χ0n) is 13.5. The molecule has 0 radical (unpaired) electrons. The molecular formula is C17H20I2O4. The predicted molar refractivity (Wildman–Crippen MR) is 109 cm³/mol. The second-order valence-corrected chi connectivity index (χ2v) is 9.64. The molecule has 4 nitrogen and oxygen atoms in total. The van der Waals surface area contributed by atoms with Crippen molar-refractivity contribution in [3.05, 3.63) is 55.7 Å². The predicted octanol–water partition coefficient (Wildman–Crippen LogP) is 4.78. The third-order valence-corrected chi connectivity index (χ3v) is 7.10. The summed E-state index contributed by atoms with van der Waals surface area (Å²) >= 11 is 0.530. The summed E-state index contributed by atoms with van der Waals surface area (Å²) in [6, 6.07) is 15.6. The minimum absolute atomic E-state index is 0.200. The van der Waals surface area contributed by atoms with E-state index >= 15 is 0 Å². The van der Waals surface area contributed by atoms with Crippen LogP contribution in [0.5, 0.6) is 11.5 Å². The fourth-order valence-corrected chi connectivity index (χ4v) is 4.44. The topological polar surface area (TPSA) is 44.8 Å². The van der Waals surface area contributed by atoms with Crippen LogP contribution in [0, 0.1) is 7.14 Å². The van der Waals surface area contributed by atoms with Gasteiger partial charge in [-0.15, -0.1) is 0 Å². The Morgan fingerprint density at radius 2 is 1.35 bits per heavy atom. The van der Waals surface area contributed by atoms with Gasteiger partial charge in [-0.2, -0.15) is 0 Å². The number of carbonyl (C=O) groups is 1. The van der Waals surface area contributed by atoms with E-state index in [4.69, 9.17) is 12.5 Å². The molecule has 0 bridgehead atoms. The van der Waals surface area contributed by atoms with Crippen molar-refractivity contribution in [3.8, 4) is 11.5 Å². The van der Waals surface area contributed by atoms with E-state index in [1.165, 1.54) is 10.5 Å². The molecule has 0 aliphatic heterocycles. The van der Waals surface area contributed by atoms with Crippen molar-refractivity contribution in [2.45, 2.75) is 6.92 Å². The summed E-state index contributed by atoms with van der Waals surface area (Å²) in [5, 5.41) is 0. The van der Waals surface area contributed by atoms with E-state index in [0.29, 0.717) is 0 Å². The summed E-state index contributed by atoms with van der Waals surface area (Å²) in [4.78, 5) is 12.7. The number of rotatable bonds is 4. The Hall–Kier alpha value is -1.03. The first-order valence-corrected chi connectivity index (χ1v) is 11.9. The molecule has 0 fully saturated rings. The number of alkyl halides is 1. The average Bonchev–Trinajstić information content (AvgIpc) is 2.55. The molecule has 0 amide bonds. The monoisotopic (exact) mass is 542 g/mol. The summed E-state index contributed by atoms with van der Waals surface area (Å²) in [6.07, 6.45) is 0. The van der Waals surface area contributed by atoms with Crippen LogP contribution in [0.15, 0.2) is 48.5 Å². The van der Waals surface area contributed by atoms with Crippen molar-refractivity contribution in [1.82, 2.24) is 0 Å². The van der Waals surface area contributed by atoms with Crippen LogP contribution < -0.4 is 9.47 Å². The number of hydrogen-bond acceptors (Lipinski definition) is 4. The third kappa shape index (κ3) is 7.87. The van der Waals surface area contributed by atoms with E-state index in [1.807, 2.05) is 53.5 Å². The number of ether oxygens (including phenoxy) is 2. The van der Waals surface area contributed by atoms with Gasteiger partial charge >= 0.3 is 91.4 Å². The molecular weight excluding hydrogens is 522 g/mol. The van der Waals surface area contributed by atoms with Crippen LogP contribution >= 0.6 is 42.8 Å². The maximum Gasteiger partial charge on any atom is 0.118 e. The van der Waals surface area contributed by atoms with Crippen molar-refractivity contribution in [3.63, 3.8) is 0 Å². The smallest absolute Gasteiger partial charge is 0.118 e. The fourth-order valence-electron chi connectivity index (χ4n) is 1.53. The first-order valence-electron chi connectivity index (χ1n) is 6.69. The maximum atomic E-state index is 10.7. The Morgan fingerprint density at radius 3 is 1.74 bits per heavy atom. The molecule has 0 spiro atoms. The molecule has 2 rings (SSSR count). The van der Waals surface area contributed by atoms with Gasteiger partial charge in [0.1, 0.15) is 5.75 Å². The molecule has 6 heteroatoms. The van der Waals surface area contributed by atoms with Gasteiger partial charge in [0, 0.05) is 3.57 Å². The normalized spacial score (nSPS) is 10.0. The number of carbonyl (C=O) groups excluding carboxylic acids is 1. The number of halogens is 2. The molecule has 0 aliphatic carbocycles. The molecule has 0 aliphatic rings. The maximum absolute atomic E-state index is 10.7. The van der Waals surface area contributed by atoms with Gasteiger partial charge in [-0.1, -0.05) is 0 Å². The summed E-state index contributed by atoms with van der Waals surface area (Å²) in [5.41, 5.74) is 0. The van der Waals surface area contributed by atoms with Gasteiger partial charge < -0.3 is 4.74 Å². The van der Waals surface area contributed by atoms with Crippen molar-refractivity contribution in [1.29, 1.82) is 0 Å². The summed E-state index contributed by atoms with van der Waals surface area (Å²) in [6.45, 7) is 1.44. The van der Waals surface area contributed by atoms with Crippen LogP contribution in [0.2, 0.25) is 0 Å². The first-order chi connectivity index (χ1) is 11.0. The van der Waals surface area contributed by atoms with E-state index in [9.17, 15) is 4.79 Å².